The summed E-state index contributed by atoms with van der Waals surface area (Å²) in [6.45, 7) is 0.0685. The normalized spacial score (nSPS) is 19.6. The summed E-state index contributed by atoms with van der Waals surface area (Å²) in [5, 5.41) is 11.4. The van der Waals surface area contributed by atoms with Gasteiger partial charge in [0.15, 0.2) is 0 Å². The number of rotatable bonds is 2. The van der Waals surface area contributed by atoms with E-state index in [9.17, 15) is 36.2 Å². The van der Waals surface area contributed by atoms with Crippen LogP contribution in [0.4, 0.5) is 42.8 Å². The summed E-state index contributed by atoms with van der Waals surface area (Å²) in [6, 6.07) is 2.43. The predicted octanol–water partition coefficient (Wildman–Crippen LogP) is 3.51. The van der Waals surface area contributed by atoms with Crippen molar-refractivity contribution in [2.24, 2.45) is 0 Å². The minimum absolute atomic E-state index is 0.0343. The number of amides is 1. The van der Waals surface area contributed by atoms with Crippen LogP contribution in [-0.2, 0) is 10.9 Å². The maximum absolute atomic E-state index is 13.5. The van der Waals surface area contributed by atoms with Crippen molar-refractivity contribution in [2.75, 3.05) is 23.3 Å². The van der Waals surface area contributed by atoms with Crippen LogP contribution >= 0.6 is 0 Å². The second-order valence-electron chi connectivity index (χ2n) is 6.73. The molecule has 0 radical (unpaired) electrons. The molecule has 4 heterocycles. The van der Waals surface area contributed by atoms with E-state index in [2.05, 4.69) is 14.7 Å². The highest BCUT2D eigenvalue weighted by Crippen LogP contribution is 2.46. The molecule has 1 fully saturated rings. The van der Waals surface area contributed by atoms with Gasteiger partial charge < -0.3 is 14.7 Å². The fraction of sp³-hybridized carbons (Fsp3) is 0.353. The fourth-order valence-corrected chi connectivity index (χ4v) is 3.21. The van der Waals surface area contributed by atoms with E-state index in [4.69, 9.17) is 0 Å². The van der Waals surface area contributed by atoms with Gasteiger partial charge in [0.25, 0.3) is 0 Å². The molecule has 1 saturated heterocycles. The number of aromatic nitrogens is 2. The van der Waals surface area contributed by atoms with Crippen LogP contribution in [-0.4, -0.2) is 46.5 Å². The zero-order valence-electron chi connectivity index (χ0n) is 14.8. The number of pyridine rings is 2. The van der Waals surface area contributed by atoms with Crippen molar-refractivity contribution >= 4 is 17.7 Å². The first-order valence-electron chi connectivity index (χ1n) is 8.49. The van der Waals surface area contributed by atoms with E-state index in [0.29, 0.717) is 6.07 Å². The Labute approximate surface area is 164 Å². The van der Waals surface area contributed by atoms with Gasteiger partial charge in [-0.05, 0) is 18.2 Å². The van der Waals surface area contributed by atoms with Gasteiger partial charge in [0, 0.05) is 24.8 Å². The van der Waals surface area contributed by atoms with E-state index >= 15 is 0 Å². The third-order valence-electron chi connectivity index (χ3n) is 4.60. The van der Waals surface area contributed by atoms with Crippen LogP contribution in [0.2, 0.25) is 0 Å². The van der Waals surface area contributed by atoms with Gasteiger partial charge in [-0.1, -0.05) is 0 Å². The van der Waals surface area contributed by atoms with Crippen molar-refractivity contribution in [1.29, 1.82) is 0 Å². The van der Waals surface area contributed by atoms with Gasteiger partial charge >= 0.3 is 18.4 Å². The Morgan fingerprint density at radius 1 is 1.17 bits per heavy atom. The first kappa shape index (κ1) is 20.2. The minimum Gasteiger partial charge on any atom is -0.431 e. The molecule has 4 rings (SSSR count). The van der Waals surface area contributed by atoms with Gasteiger partial charge in [-0.15, -0.1) is 0 Å². The summed E-state index contributed by atoms with van der Waals surface area (Å²) in [5.74, 6) is -0.633. The highest BCUT2D eigenvalue weighted by Gasteiger charge is 2.49. The summed E-state index contributed by atoms with van der Waals surface area (Å²) in [4.78, 5) is 20.6. The third-order valence-corrected chi connectivity index (χ3v) is 4.60. The maximum atomic E-state index is 13.5. The maximum Gasteiger partial charge on any atom is 0.430 e. The summed E-state index contributed by atoms with van der Waals surface area (Å²) >= 11 is 0. The number of anilines is 2. The number of carbonyl (C=O) groups excluding carboxylic acids is 1. The number of nitrogens with zero attached hydrogens (tertiary/aromatic N) is 3. The Morgan fingerprint density at radius 2 is 1.87 bits per heavy atom. The van der Waals surface area contributed by atoms with Gasteiger partial charge in [0.2, 0.25) is 6.10 Å². The molecule has 0 bridgehead atoms. The number of ether oxygens (including phenoxy) is 1. The first-order valence-corrected chi connectivity index (χ1v) is 8.49. The third kappa shape index (κ3) is 3.60. The lowest BCUT2D eigenvalue weighted by atomic mass is 9.98. The molecular weight excluding hydrogens is 422 g/mol. The molecule has 1 atom stereocenters. The molecular formula is C17H12F6N4O3. The second-order valence-corrected chi connectivity index (χ2v) is 6.73. The van der Waals surface area contributed by atoms with E-state index in [-0.39, 0.29) is 24.5 Å². The van der Waals surface area contributed by atoms with Crippen molar-refractivity contribution in [1.82, 2.24) is 9.97 Å². The second kappa shape index (κ2) is 6.72. The lowest BCUT2D eigenvalue weighted by Crippen LogP contribution is -2.51. The number of hydrogen-bond donors (Lipinski definition) is 2. The molecule has 0 spiro atoms. The molecule has 13 heteroatoms. The van der Waals surface area contributed by atoms with Crippen LogP contribution in [0.25, 0.3) is 11.3 Å². The van der Waals surface area contributed by atoms with Crippen molar-refractivity contribution in [3.05, 3.63) is 35.5 Å². The molecule has 0 aliphatic carbocycles. The van der Waals surface area contributed by atoms with Crippen LogP contribution in [0.1, 0.15) is 17.2 Å². The molecule has 160 valence electrons. The van der Waals surface area contributed by atoms with Gasteiger partial charge in [-0.2, -0.15) is 26.3 Å². The highest BCUT2D eigenvalue weighted by molar-refractivity contribution is 5.89. The summed E-state index contributed by atoms with van der Waals surface area (Å²) in [5.41, 5.74) is -2.51. The predicted molar refractivity (Wildman–Crippen MR) is 89.6 cm³/mol. The Morgan fingerprint density at radius 3 is 2.47 bits per heavy atom. The van der Waals surface area contributed by atoms with Crippen LogP contribution in [0, 0.1) is 0 Å². The van der Waals surface area contributed by atoms with E-state index in [1.165, 1.54) is 4.90 Å². The zero-order valence-corrected chi connectivity index (χ0v) is 14.8. The number of fused-ring (bicyclic) bond motifs is 1. The topological polar surface area (TPSA) is 87.6 Å². The SMILES string of the molecule is O=C1Nc2nccc(-c3cc(C(F)(F)F)cc(N4CC(O)C4)n3)c2[C@H](C(F)(F)F)O1. The molecule has 2 aromatic heterocycles. The monoisotopic (exact) mass is 434 g/mol. The summed E-state index contributed by atoms with van der Waals surface area (Å²) < 4.78 is 85.1. The number of alkyl halides is 6. The van der Waals surface area contributed by atoms with Gasteiger partial charge in [-0.3, -0.25) is 5.32 Å². The molecule has 0 saturated carbocycles. The lowest BCUT2D eigenvalue weighted by molar-refractivity contribution is -0.206. The molecule has 2 aliphatic heterocycles. The van der Waals surface area contributed by atoms with E-state index in [0.717, 1.165) is 18.3 Å². The summed E-state index contributed by atoms with van der Waals surface area (Å²) in [6.07, 6.45) is -13.6. The molecule has 2 aliphatic rings. The molecule has 0 unspecified atom stereocenters. The largest absolute Gasteiger partial charge is 0.431 e. The Hall–Kier alpha value is -3.09. The van der Waals surface area contributed by atoms with Gasteiger partial charge in [0.05, 0.1) is 22.9 Å². The van der Waals surface area contributed by atoms with Crippen molar-refractivity contribution in [3.63, 3.8) is 0 Å². The Bertz CT molecular complexity index is 1000. The number of halogens is 6. The summed E-state index contributed by atoms with van der Waals surface area (Å²) in [7, 11) is 0. The standard InChI is InChI=1S/C17H12F6N4O3/c18-16(19,20)7-3-10(25-11(4-7)27-5-8(28)6-27)9-1-2-24-14-12(9)13(17(21,22)23)30-15(29)26-14/h1-4,8,13,28H,5-6H2,(H,24,26,29)/t13-/m1/s1. The Kier molecular flexibility index (Phi) is 4.52. The van der Waals surface area contributed by atoms with Crippen LogP contribution in [0.3, 0.4) is 0 Å². The fourth-order valence-electron chi connectivity index (χ4n) is 3.21. The van der Waals surface area contributed by atoms with Crippen LogP contribution < -0.4 is 10.2 Å². The van der Waals surface area contributed by atoms with Gasteiger partial charge in [0.1, 0.15) is 11.6 Å². The van der Waals surface area contributed by atoms with Gasteiger partial charge in [-0.25, -0.2) is 14.8 Å². The van der Waals surface area contributed by atoms with Crippen molar-refractivity contribution in [2.45, 2.75) is 24.6 Å². The Balaban J connectivity index is 1.90. The molecule has 2 aromatic rings. The molecule has 7 nitrogen and oxygen atoms in total. The number of cyclic esters (lactones) is 1. The average molecular weight is 434 g/mol. The highest BCUT2D eigenvalue weighted by atomic mass is 19.4. The number of nitrogens with one attached hydrogen (secondary N) is 1. The van der Waals surface area contributed by atoms with E-state index in [1.807, 2.05) is 5.32 Å². The number of aliphatic hydroxyl groups is 1. The van der Waals surface area contributed by atoms with Crippen LogP contribution in [0.5, 0.6) is 0 Å². The smallest absolute Gasteiger partial charge is 0.430 e. The molecule has 1 amide bonds. The molecule has 0 aromatic carbocycles. The van der Waals surface area contributed by atoms with Crippen LogP contribution in [0.15, 0.2) is 24.4 Å². The average Bonchev–Trinajstić information content (AvgIpc) is 2.62. The van der Waals surface area contributed by atoms with E-state index in [1.54, 1.807) is 0 Å². The van der Waals surface area contributed by atoms with Crippen molar-refractivity contribution in [3.8, 4) is 11.3 Å². The molecule has 2 N–H and O–H groups in total. The van der Waals surface area contributed by atoms with E-state index < -0.39 is 53.3 Å². The lowest BCUT2D eigenvalue weighted by Gasteiger charge is -2.37. The number of carbonyl (C=O) groups is 1. The zero-order chi connectivity index (χ0) is 21.8. The number of aliphatic hydroxyl groups excluding tert-OH is 1. The number of hydrogen-bond acceptors (Lipinski definition) is 6. The number of β-amino-alcohol motifs (C(OH)–C–C–N with tert-alkyl or cyclic N) is 1. The van der Waals surface area contributed by atoms with Crippen molar-refractivity contribution < 1.29 is 41.0 Å². The molecule has 30 heavy (non-hydrogen) atoms. The first-order chi connectivity index (χ1) is 13.9. The minimum atomic E-state index is -5.03. The quantitative estimate of drug-likeness (QED) is 0.704.